The van der Waals surface area contributed by atoms with E-state index >= 15 is 0 Å². The maximum Gasteiger partial charge on any atom is 0.233 e. The van der Waals surface area contributed by atoms with Gasteiger partial charge in [0.2, 0.25) is 5.91 Å². The fourth-order valence-electron chi connectivity index (χ4n) is 2.83. The van der Waals surface area contributed by atoms with Crippen LogP contribution in [0.3, 0.4) is 0 Å². The molecule has 0 aromatic carbocycles. The van der Waals surface area contributed by atoms with Gasteiger partial charge >= 0.3 is 0 Å². The second-order valence-electron chi connectivity index (χ2n) is 7.12. The number of carbonyl (C=O) groups is 1. The smallest absolute Gasteiger partial charge is 0.233 e. The molecule has 1 unspecified atom stereocenters. The van der Waals surface area contributed by atoms with E-state index in [1.165, 1.54) is 6.20 Å². The number of nitrogens with one attached hydrogen (secondary N) is 3. The molecular formula is C18H32ClN7O3. The minimum Gasteiger partial charge on any atom is -0.489 e. The maximum absolute atomic E-state index is 12.9. The zero-order valence-electron chi connectivity index (χ0n) is 16.9. The molecule has 1 amide bonds. The number of pyridine rings is 1. The molecule has 1 aromatic rings. The number of halogens is 1. The zero-order chi connectivity index (χ0) is 21.2. The summed E-state index contributed by atoms with van der Waals surface area (Å²) in [6.07, 6.45) is 1.87. The molecule has 1 saturated heterocycles. The van der Waals surface area contributed by atoms with Gasteiger partial charge in [-0.1, -0.05) is 0 Å². The van der Waals surface area contributed by atoms with Crippen LogP contribution in [0.25, 0.3) is 0 Å². The van der Waals surface area contributed by atoms with Crippen LogP contribution in [0, 0.1) is 5.92 Å². The first-order valence-corrected chi connectivity index (χ1v) is 10.0. The number of alkyl halides is 1. The zero-order valence-corrected chi connectivity index (χ0v) is 17.7. The summed E-state index contributed by atoms with van der Waals surface area (Å²) >= 11 is 6.07. The minimum atomic E-state index is -0.863. The lowest BCUT2D eigenvalue weighted by Crippen LogP contribution is -2.64. The fraction of sp³-hybridized carbons (Fsp3) is 0.667. The highest BCUT2D eigenvalue weighted by Gasteiger charge is 2.34. The van der Waals surface area contributed by atoms with E-state index in [4.69, 9.17) is 32.5 Å². The van der Waals surface area contributed by atoms with Crippen molar-refractivity contribution in [3.63, 3.8) is 0 Å². The van der Waals surface area contributed by atoms with Gasteiger partial charge in [0.15, 0.2) is 0 Å². The number of hydrogen-bond donors (Lipinski definition) is 5. The predicted octanol–water partition coefficient (Wildman–Crippen LogP) is -1.04. The van der Waals surface area contributed by atoms with Gasteiger partial charge in [-0.25, -0.2) is 0 Å². The standard InChI is InChI=1S/C18H32ClN7O3/c1-26(2)5-6-28-7-8-29-14-3-4-22-11-13(14)25-18(27)15(16(20)21)17-23-9-12(19)10-24-17/h3-4,11-12,15-17,23-24H,5-10,20-21H2,1-2H3,(H,25,27). The number of likely N-dealkylation sites (N-methyl/N-ethyl adjacent to an activating group) is 1. The molecule has 2 rings (SSSR count). The molecule has 10 nitrogen and oxygen atoms in total. The molecule has 0 aliphatic carbocycles. The van der Waals surface area contributed by atoms with Gasteiger partial charge in [0.25, 0.3) is 0 Å². The van der Waals surface area contributed by atoms with Crippen molar-refractivity contribution in [2.24, 2.45) is 17.4 Å². The number of nitrogens with two attached hydrogens (primary N) is 2. The highest BCUT2D eigenvalue weighted by molar-refractivity contribution is 6.21. The number of rotatable bonds is 11. The molecule has 1 atom stereocenters. The molecule has 2 heterocycles. The van der Waals surface area contributed by atoms with Crippen LogP contribution >= 0.6 is 11.6 Å². The Morgan fingerprint density at radius 2 is 2.07 bits per heavy atom. The molecule has 0 bridgehead atoms. The van der Waals surface area contributed by atoms with Crippen molar-refractivity contribution in [2.45, 2.75) is 17.7 Å². The Bertz CT molecular complexity index is 627. The molecule has 1 aromatic heterocycles. The Morgan fingerprint density at radius 1 is 1.34 bits per heavy atom. The van der Waals surface area contributed by atoms with Crippen LogP contribution < -0.4 is 32.2 Å². The fourth-order valence-corrected chi connectivity index (χ4v) is 3.01. The number of amides is 1. The summed E-state index contributed by atoms with van der Waals surface area (Å²) < 4.78 is 11.3. The maximum atomic E-state index is 12.9. The Hall–Kier alpha value is -1.53. The average molecular weight is 430 g/mol. The molecule has 29 heavy (non-hydrogen) atoms. The van der Waals surface area contributed by atoms with Crippen molar-refractivity contribution < 1.29 is 14.3 Å². The number of nitrogens with zero attached hydrogens (tertiary/aromatic N) is 2. The summed E-state index contributed by atoms with van der Waals surface area (Å²) in [7, 11) is 3.97. The van der Waals surface area contributed by atoms with Gasteiger partial charge in [-0.05, 0) is 14.1 Å². The summed E-state index contributed by atoms with van der Waals surface area (Å²) in [6.45, 7) is 3.37. The summed E-state index contributed by atoms with van der Waals surface area (Å²) in [5, 5.41) is 9.09. The van der Waals surface area contributed by atoms with Crippen molar-refractivity contribution in [2.75, 3.05) is 58.9 Å². The van der Waals surface area contributed by atoms with Crippen LogP contribution in [0.5, 0.6) is 5.75 Å². The first-order chi connectivity index (χ1) is 13.9. The van der Waals surface area contributed by atoms with Gasteiger partial charge in [0.05, 0.1) is 43.0 Å². The lowest BCUT2D eigenvalue weighted by molar-refractivity contribution is -0.121. The molecular weight excluding hydrogens is 398 g/mol. The second kappa shape index (κ2) is 12.2. The van der Waals surface area contributed by atoms with Gasteiger partial charge in [0.1, 0.15) is 18.0 Å². The van der Waals surface area contributed by atoms with E-state index in [0.717, 1.165) is 6.54 Å². The molecule has 1 aliphatic heterocycles. The second-order valence-corrected chi connectivity index (χ2v) is 7.74. The van der Waals surface area contributed by atoms with Crippen molar-refractivity contribution in [1.29, 1.82) is 0 Å². The monoisotopic (exact) mass is 429 g/mol. The van der Waals surface area contributed by atoms with Crippen LogP contribution in [-0.4, -0.2) is 87.0 Å². The summed E-state index contributed by atoms with van der Waals surface area (Å²) in [5.74, 6) is -0.543. The third-order valence-corrected chi connectivity index (χ3v) is 4.71. The Labute approximate surface area is 176 Å². The van der Waals surface area contributed by atoms with E-state index in [1.807, 2.05) is 19.0 Å². The van der Waals surface area contributed by atoms with Gasteiger partial charge in [-0.3, -0.25) is 20.4 Å². The minimum absolute atomic E-state index is 0.0535. The lowest BCUT2D eigenvalue weighted by Gasteiger charge is -2.35. The molecule has 7 N–H and O–H groups in total. The number of aromatic nitrogens is 1. The van der Waals surface area contributed by atoms with Crippen LogP contribution in [0.4, 0.5) is 5.69 Å². The molecule has 11 heteroatoms. The molecule has 0 saturated carbocycles. The van der Waals surface area contributed by atoms with Crippen molar-refractivity contribution in [3.8, 4) is 5.75 Å². The third kappa shape index (κ3) is 8.01. The Kier molecular flexibility index (Phi) is 10.0. The number of carbonyl (C=O) groups excluding carboxylic acids is 1. The van der Waals surface area contributed by atoms with E-state index in [9.17, 15) is 4.79 Å². The first-order valence-electron chi connectivity index (χ1n) is 9.60. The normalized spacial score (nSPS) is 20.7. The van der Waals surface area contributed by atoms with Gasteiger partial charge in [0, 0.05) is 31.9 Å². The quantitative estimate of drug-likeness (QED) is 0.169. The molecule has 1 aliphatic rings. The highest BCUT2D eigenvalue weighted by atomic mass is 35.5. The number of hydrogen-bond acceptors (Lipinski definition) is 9. The van der Waals surface area contributed by atoms with Crippen LogP contribution in [0.1, 0.15) is 0 Å². The lowest BCUT2D eigenvalue weighted by atomic mass is 10.00. The largest absolute Gasteiger partial charge is 0.489 e. The van der Waals surface area contributed by atoms with Crippen LogP contribution in [0.2, 0.25) is 0 Å². The molecule has 0 spiro atoms. The Morgan fingerprint density at radius 3 is 2.72 bits per heavy atom. The SMILES string of the molecule is CN(C)CCOCCOc1ccncc1NC(=O)C(C(N)N)C1NCC(Cl)CN1. The van der Waals surface area contributed by atoms with Crippen molar-refractivity contribution >= 4 is 23.2 Å². The summed E-state index contributed by atoms with van der Waals surface area (Å²) in [6, 6.07) is 1.68. The first kappa shape index (κ1) is 23.7. The van der Waals surface area contributed by atoms with E-state index in [-0.39, 0.29) is 17.5 Å². The molecule has 164 valence electrons. The molecule has 1 fully saturated rings. The van der Waals surface area contributed by atoms with Crippen LogP contribution in [-0.2, 0) is 9.53 Å². The summed E-state index contributed by atoms with van der Waals surface area (Å²) in [4.78, 5) is 19.0. The van der Waals surface area contributed by atoms with E-state index in [2.05, 4.69) is 20.9 Å². The van der Waals surface area contributed by atoms with E-state index in [0.29, 0.717) is 44.3 Å². The highest BCUT2D eigenvalue weighted by Crippen LogP contribution is 2.23. The van der Waals surface area contributed by atoms with Gasteiger partial charge < -0.3 is 31.2 Å². The molecule has 0 radical (unpaired) electrons. The number of anilines is 1. The van der Waals surface area contributed by atoms with Gasteiger partial charge in [-0.15, -0.1) is 11.6 Å². The summed E-state index contributed by atoms with van der Waals surface area (Å²) in [5.41, 5.74) is 12.2. The average Bonchev–Trinajstić information content (AvgIpc) is 2.67. The van der Waals surface area contributed by atoms with Gasteiger partial charge in [-0.2, -0.15) is 0 Å². The van der Waals surface area contributed by atoms with Crippen molar-refractivity contribution in [3.05, 3.63) is 18.5 Å². The van der Waals surface area contributed by atoms with Crippen molar-refractivity contribution in [1.82, 2.24) is 20.5 Å². The third-order valence-electron chi connectivity index (χ3n) is 4.40. The van der Waals surface area contributed by atoms with E-state index in [1.54, 1.807) is 12.3 Å². The van der Waals surface area contributed by atoms with E-state index < -0.39 is 12.1 Å². The number of ether oxygens (including phenoxy) is 2. The predicted molar refractivity (Wildman–Crippen MR) is 113 cm³/mol. The topological polar surface area (TPSA) is 140 Å². The van der Waals surface area contributed by atoms with Crippen LogP contribution in [0.15, 0.2) is 18.5 Å². The Balaban J connectivity index is 1.91.